The first-order chi connectivity index (χ1) is 6.77. The summed E-state index contributed by atoms with van der Waals surface area (Å²) < 4.78 is 0. The topological polar surface area (TPSA) is 25.8 Å². The fourth-order valence-electron chi connectivity index (χ4n) is 1.13. The molecular weight excluding hydrogens is 219 g/mol. The Morgan fingerprint density at radius 2 is 1.64 bits per heavy atom. The highest BCUT2D eigenvalue weighted by atomic mass is 35.5. The van der Waals surface area contributed by atoms with Gasteiger partial charge in [0.25, 0.3) is 0 Å². The van der Waals surface area contributed by atoms with Gasteiger partial charge in [-0.15, -0.1) is 10.2 Å². The van der Waals surface area contributed by atoms with Crippen LogP contribution in [0.3, 0.4) is 0 Å². The van der Waals surface area contributed by atoms with Gasteiger partial charge in [-0.3, -0.25) is 0 Å². The van der Waals surface area contributed by atoms with Gasteiger partial charge < -0.3 is 0 Å². The van der Waals surface area contributed by atoms with Crippen molar-refractivity contribution in [3.8, 4) is 11.3 Å². The van der Waals surface area contributed by atoms with Gasteiger partial charge in [0, 0.05) is 5.56 Å². The van der Waals surface area contributed by atoms with Gasteiger partial charge in [0.05, 0.1) is 10.7 Å². The van der Waals surface area contributed by atoms with E-state index in [4.69, 9.17) is 23.2 Å². The summed E-state index contributed by atoms with van der Waals surface area (Å²) in [6.07, 6.45) is 0. The second kappa shape index (κ2) is 3.95. The number of rotatable bonds is 1. The van der Waals surface area contributed by atoms with Crippen molar-refractivity contribution in [2.24, 2.45) is 0 Å². The van der Waals surface area contributed by atoms with Gasteiger partial charge >= 0.3 is 0 Å². The average Bonchev–Trinajstić information content (AvgIpc) is 2.20. The van der Waals surface area contributed by atoms with E-state index in [1.54, 1.807) is 12.1 Å². The molecule has 1 aromatic carbocycles. The molecule has 2 nitrogen and oxygen atoms in total. The molecule has 0 bridgehead atoms. The summed E-state index contributed by atoms with van der Waals surface area (Å²) in [6, 6.07) is 10.9. The fourth-order valence-corrected chi connectivity index (χ4v) is 1.46. The molecule has 1 aromatic heterocycles. The van der Waals surface area contributed by atoms with Crippen LogP contribution < -0.4 is 0 Å². The second-order valence-corrected chi connectivity index (χ2v) is 3.52. The Balaban J connectivity index is 2.50. The molecular formula is C10H6Cl2N2. The van der Waals surface area contributed by atoms with Crippen LogP contribution in [0.2, 0.25) is 10.2 Å². The van der Waals surface area contributed by atoms with Crippen LogP contribution in [-0.2, 0) is 0 Å². The Bertz CT molecular complexity index is 440. The smallest absolute Gasteiger partial charge is 0.149 e. The lowest BCUT2D eigenvalue weighted by atomic mass is 10.1. The first-order valence-corrected chi connectivity index (χ1v) is 4.77. The molecule has 0 aliphatic carbocycles. The summed E-state index contributed by atoms with van der Waals surface area (Å²) in [6.45, 7) is 0. The molecule has 0 fully saturated rings. The first kappa shape index (κ1) is 9.44. The third-order valence-corrected chi connectivity index (χ3v) is 2.31. The van der Waals surface area contributed by atoms with Crippen molar-refractivity contribution in [1.82, 2.24) is 10.2 Å². The lowest BCUT2D eigenvalue weighted by Gasteiger charge is -2.01. The van der Waals surface area contributed by atoms with Crippen molar-refractivity contribution in [3.63, 3.8) is 0 Å². The molecule has 1 heterocycles. The summed E-state index contributed by atoms with van der Waals surface area (Å²) >= 11 is 11.6. The third kappa shape index (κ3) is 1.86. The minimum absolute atomic E-state index is 0.376. The van der Waals surface area contributed by atoms with Gasteiger partial charge in [-0.1, -0.05) is 41.4 Å². The summed E-state index contributed by atoms with van der Waals surface area (Å²) in [4.78, 5) is 0. The van der Waals surface area contributed by atoms with E-state index in [0.29, 0.717) is 10.2 Å². The molecule has 0 unspecified atom stereocenters. The van der Waals surface area contributed by atoms with E-state index >= 15 is 0 Å². The van der Waals surface area contributed by atoms with Crippen LogP contribution in [0.15, 0.2) is 36.4 Å². The normalized spacial score (nSPS) is 10.1. The maximum atomic E-state index is 6.00. The molecule has 0 radical (unpaired) electrons. The molecule has 2 rings (SSSR count). The van der Waals surface area contributed by atoms with Crippen LogP contribution in [0.5, 0.6) is 0 Å². The SMILES string of the molecule is Clc1ccc(-c2ccccc2Cl)nn1. The molecule has 0 N–H and O–H groups in total. The number of aromatic nitrogens is 2. The van der Waals surface area contributed by atoms with Gasteiger partial charge in [0.2, 0.25) is 0 Å². The van der Waals surface area contributed by atoms with E-state index in [9.17, 15) is 0 Å². The molecule has 0 saturated heterocycles. The molecule has 0 saturated carbocycles. The Morgan fingerprint density at radius 1 is 0.857 bits per heavy atom. The van der Waals surface area contributed by atoms with Crippen molar-refractivity contribution in [1.29, 1.82) is 0 Å². The predicted octanol–water partition coefficient (Wildman–Crippen LogP) is 3.45. The highest BCUT2D eigenvalue weighted by Crippen LogP contribution is 2.25. The highest BCUT2D eigenvalue weighted by molar-refractivity contribution is 6.33. The number of benzene rings is 1. The van der Waals surface area contributed by atoms with Gasteiger partial charge in [-0.2, -0.15) is 0 Å². The minimum atomic E-state index is 0.376. The quantitative estimate of drug-likeness (QED) is 0.742. The summed E-state index contributed by atoms with van der Waals surface area (Å²) in [7, 11) is 0. The molecule has 0 aliphatic heterocycles. The summed E-state index contributed by atoms with van der Waals surface area (Å²) in [5.41, 5.74) is 1.58. The average molecular weight is 225 g/mol. The van der Waals surface area contributed by atoms with Crippen LogP contribution in [0, 0.1) is 0 Å². The molecule has 2 aromatic rings. The van der Waals surface area contributed by atoms with Crippen molar-refractivity contribution < 1.29 is 0 Å². The zero-order chi connectivity index (χ0) is 9.97. The second-order valence-electron chi connectivity index (χ2n) is 2.72. The molecule has 0 atom stereocenters. The number of nitrogens with zero attached hydrogens (tertiary/aromatic N) is 2. The van der Waals surface area contributed by atoms with Crippen LogP contribution >= 0.6 is 23.2 Å². The number of hydrogen-bond donors (Lipinski definition) is 0. The van der Waals surface area contributed by atoms with Gasteiger partial charge in [-0.25, -0.2) is 0 Å². The molecule has 0 aliphatic rings. The standard InChI is InChI=1S/C10H6Cl2N2/c11-8-4-2-1-3-7(8)9-5-6-10(12)14-13-9/h1-6H. The maximum absolute atomic E-state index is 6.00. The van der Waals surface area contributed by atoms with E-state index in [-0.39, 0.29) is 0 Å². The van der Waals surface area contributed by atoms with Crippen LogP contribution in [-0.4, -0.2) is 10.2 Å². The Labute approximate surface area is 91.5 Å². The lowest BCUT2D eigenvalue weighted by molar-refractivity contribution is 1.04. The largest absolute Gasteiger partial charge is 0.151 e. The predicted molar refractivity (Wildman–Crippen MR) is 57.5 cm³/mol. The van der Waals surface area contributed by atoms with E-state index in [1.165, 1.54) is 0 Å². The Kier molecular flexibility index (Phi) is 2.66. The van der Waals surface area contributed by atoms with E-state index in [0.717, 1.165) is 11.3 Å². The summed E-state index contributed by atoms with van der Waals surface area (Å²) in [5.74, 6) is 0. The number of hydrogen-bond acceptors (Lipinski definition) is 2. The molecule has 4 heteroatoms. The van der Waals surface area contributed by atoms with E-state index in [2.05, 4.69) is 10.2 Å². The summed E-state index contributed by atoms with van der Waals surface area (Å²) in [5, 5.41) is 8.73. The van der Waals surface area contributed by atoms with Crippen molar-refractivity contribution in [3.05, 3.63) is 46.6 Å². The highest BCUT2D eigenvalue weighted by Gasteiger charge is 2.03. The minimum Gasteiger partial charge on any atom is -0.149 e. The zero-order valence-electron chi connectivity index (χ0n) is 7.11. The fraction of sp³-hybridized carbons (Fsp3) is 0. The molecule has 0 spiro atoms. The maximum Gasteiger partial charge on any atom is 0.151 e. The van der Waals surface area contributed by atoms with Crippen molar-refractivity contribution in [2.75, 3.05) is 0 Å². The van der Waals surface area contributed by atoms with Crippen LogP contribution in [0.1, 0.15) is 0 Å². The van der Waals surface area contributed by atoms with Crippen molar-refractivity contribution >= 4 is 23.2 Å². The van der Waals surface area contributed by atoms with E-state index < -0.39 is 0 Å². The third-order valence-electron chi connectivity index (χ3n) is 1.78. The number of halogens is 2. The van der Waals surface area contributed by atoms with Gasteiger partial charge in [0.1, 0.15) is 0 Å². The van der Waals surface area contributed by atoms with Crippen LogP contribution in [0.25, 0.3) is 11.3 Å². The Hall–Kier alpha value is -1.12. The Morgan fingerprint density at radius 3 is 2.29 bits per heavy atom. The first-order valence-electron chi connectivity index (χ1n) is 4.01. The molecule has 70 valence electrons. The van der Waals surface area contributed by atoms with E-state index in [1.807, 2.05) is 24.3 Å². The van der Waals surface area contributed by atoms with Gasteiger partial charge in [-0.05, 0) is 18.2 Å². The van der Waals surface area contributed by atoms with Crippen LogP contribution in [0.4, 0.5) is 0 Å². The monoisotopic (exact) mass is 224 g/mol. The zero-order valence-corrected chi connectivity index (χ0v) is 8.63. The molecule has 0 amide bonds. The van der Waals surface area contributed by atoms with Crippen molar-refractivity contribution in [2.45, 2.75) is 0 Å². The molecule has 14 heavy (non-hydrogen) atoms. The lowest BCUT2D eigenvalue weighted by Crippen LogP contribution is -1.87. The van der Waals surface area contributed by atoms with Gasteiger partial charge in [0.15, 0.2) is 5.15 Å².